The van der Waals surface area contributed by atoms with Crippen LogP contribution in [0.3, 0.4) is 0 Å². The number of aromatic hydroxyl groups is 1. The van der Waals surface area contributed by atoms with Crippen LogP contribution in [0.2, 0.25) is 0 Å². The van der Waals surface area contributed by atoms with Gasteiger partial charge in [0.1, 0.15) is 16.9 Å². The molecule has 0 amide bonds. The summed E-state index contributed by atoms with van der Waals surface area (Å²) in [5, 5.41) is 22.7. The molecular formula is C25H29N3O6. The molecule has 2 aromatic rings. The minimum absolute atomic E-state index is 0.0244. The highest BCUT2D eigenvalue weighted by molar-refractivity contribution is 6.19. The van der Waals surface area contributed by atoms with Crippen LogP contribution in [-0.4, -0.2) is 40.0 Å². The number of nitrogens with zero attached hydrogens (tertiary/aromatic N) is 1. The molecule has 2 rings (SSSR count). The minimum atomic E-state index is -1.18. The number of Topliss-reactive ketones (excluding diaryl/α,β-unsaturated/α-hetero) is 3. The van der Waals surface area contributed by atoms with Crippen molar-refractivity contribution in [3.63, 3.8) is 0 Å². The van der Waals surface area contributed by atoms with E-state index in [9.17, 15) is 29.6 Å². The summed E-state index contributed by atoms with van der Waals surface area (Å²) in [6, 6.07) is 8.50. The van der Waals surface area contributed by atoms with Crippen molar-refractivity contribution in [1.82, 2.24) is 0 Å². The molecule has 180 valence electrons. The van der Waals surface area contributed by atoms with Gasteiger partial charge in [-0.25, -0.2) is 0 Å². The largest absolute Gasteiger partial charge is 0.507 e. The second-order valence-electron chi connectivity index (χ2n) is 8.09. The Hall–Kier alpha value is -3.69. The third kappa shape index (κ3) is 6.21. The maximum absolute atomic E-state index is 13.3. The molecular weight excluding hydrogens is 438 g/mol. The Morgan fingerprint density at radius 2 is 1.76 bits per heavy atom. The van der Waals surface area contributed by atoms with E-state index in [4.69, 9.17) is 11.5 Å². The predicted octanol–water partition coefficient (Wildman–Crippen LogP) is 3.51. The number of hydrogen-bond acceptors (Lipinski definition) is 8. The zero-order valence-corrected chi connectivity index (χ0v) is 19.1. The molecule has 0 heterocycles. The van der Waals surface area contributed by atoms with E-state index in [1.807, 2.05) is 0 Å². The quantitative estimate of drug-likeness (QED) is 0.132. The van der Waals surface area contributed by atoms with Gasteiger partial charge < -0.3 is 16.6 Å². The zero-order chi connectivity index (χ0) is 25.4. The maximum atomic E-state index is 13.3. The molecule has 0 unspecified atom stereocenters. The van der Waals surface area contributed by atoms with Crippen molar-refractivity contribution in [3.8, 4) is 5.75 Å². The Labute approximate surface area is 197 Å². The van der Waals surface area contributed by atoms with E-state index in [2.05, 4.69) is 6.58 Å². The van der Waals surface area contributed by atoms with Gasteiger partial charge in [-0.05, 0) is 49.9 Å². The highest BCUT2D eigenvalue weighted by Gasteiger charge is 2.37. The van der Waals surface area contributed by atoms with Gasteiger partial charge in [0.25, 0.3) is 5.69 Å². The SMILES string of the molecule is C=C(C)C(=O)c1cc(O)c(C(=O)[C@@H](N)Cc2ccccc2)c(C(=O)CCCCCN)c1[N+](=O)[O-]. The molecule has 0 aliphatic rings. The second-order valence-corrected chi connectivity index (χ2v) is 8.09. The summed E-state index contributed by atoms with van der Waals surface area (Å²) in [5.74, 6) is -3.09. The number of ketones is 3. The molecule has 1 atom stereocenters. The van der Waals surface area contributed by atoms with Crippen LogP contribution in [0.4, 0.5) is 5.69 Å². The Balaban J connectivity index is 2.65. The molecule has 0 aromatic heterocycles. The van der Waals surface area contributed by atoms with Gasteiger partial charge in [-0.15, -0.1) is 0 Å². The van der Waals surface area contributed by atoms with Gasteiger partial charge in [0.2, 0.25) is 0 Å². The summed E-state index contributed by atoms with van der Waals surface area (Å²) in [6.45, 7) is 5.28. The van der Waals surface area contributed by atoms with E-state index in [0.29, 0.717) is 25.8 Å². The van der Waals surface area contributed by atoms with Crippen molar-refractivity contribution in [2.75, 3.05) is 6.54 Å². The van der Waals surface area contributed by atoms with Crippen molar-refractivity contribution in [2.24, 2.45) is 11.5 Å². The summed E-state index contributed by atoms with van der Waals surface area (Å²) < 4.78 is 0. The molecule has 0 fully saturated rings. The predicted molar refractivity (Wildman–Crippen MR) is 128 cm³/mol. The smallest absolute Gasteiger partial charge is 0.292 e. The van der Waals surface area contributed by atoms with Crippen LogP contribution in [-0.2, 0) is 6.42 Å². The summed E-state index contributed by atoms with van der Waals surface area (Å²) >= 11 is 0. The lowest BCUT2D eigenvalue weighted by Crippen LogP contribution is -2.34. The average Bonchev–Trinajstić information content (AvgIpc) is 2.80. The van der Waals surface area contributed by atoms with Crippen molar-refractivity contribution in [2.45, 2.75) is 45.1 Å². The number of hydrogen-bond donors (Lipinski definition) is 3. The van der Waals surface area contributed by atoms with E-state index in [0.717, 1.165) is 11.6 Å². The highest BCUT2D eigenvalue weighted by Crippen LogP contribution is 2.37. The lowest BCUT2D eigenvalue weighted by molar-refractivity contribution is -0.385. The molecule has 0 bridgehead atoms. The van der Waals surface area contributed by atoms with E-state index in [1.54, 1.807) is 30.3 Å². The van der Waals surface area contributed by atoms with Crippen molar-refractivity contribution >= 4 is 23.0 Å². The Kier molecular flexibility index (Phi) is 9.35. The number of rotatable bonds is 13. The zero-order valence-electron chi connectivity index (χ0n) is 19.1. The van der Waals surface area contributed by atoms with Gasteiger partial charge in [0.05, 0.1) is 16.5 Å². The number of benzene rings is 2. The molecule has 0 aliphatic heterocycles. The number of phenols is 1. The van der Waals surface area contributed by atoms with Gasteiger partial charge in [-0.1, -0.05) is 43.3 Å². The van der Waals surface area contributed by atoms with Crippen LogP contribution in [0.25, 0.3) is 0 Å². The number of unbranched alkanes of at least 4 members (excludes halogenated alkanes) is 2. The lowest BCUT2D eigenvalue weighted by atomic mass is 9.87. The molecule has 0 saturated heterocycles. The minimum Gasteiger partial charge on any atom is -0.507 e. The molecule has 0 aliphatic carbocycles. The number of carbonyl (C=O) groups excluding carboxylic acids is 3. The third-order valence-electron chi connectivity index (χ3n) is 5.36. The number of carbonyl (C=O) groups is 3. The summed E-state index contributed by atoms with van der Waals surface area (Å²) in [5.41, 5.74) is 9.80. The van der Waals surface area contributed by atoms with Crippen LogP contribution in [0, 0.1) is 10.1 Å². The molecule has 9 heteroatoms. The monoisotopic (exact) mass is 467 g/mol. The number of allylic oxidation sites excluding steroid dienone is 1. The molecule has 0 saturated carbocycles. The first-order valence-electron chi connectivity index (χ1n) is 10.9. The van der Waals surface area contributed by atoms with Gasteiger partial charge in [0, 0.05) is 6.42 Å². The van der Waals surface area contributed by atoms with E-state index in [-0.39, 0.29) is 18.4 Å². The van der Waals surface area contributed by atoms with Crippen LogP contribution >= 0.6 is 0 Å². The first-order chi connectivity index (χ1) is 16.1. The fraction of sp³-hybridized carbons (Fsp3) is 0.320. The number of phenolic OH excluding ortho intramolecular Hbond substituents is 1. The average molecular weight is 468 g/mol. The summed E-state index contributed by atoms with van der Waals surface area (Å²) in [7, 11) is 0. The van der Waals surface area contributed by atoms with Crippen LogP contribution in [0.5, 0.6) is 5.75 Å². The van der Waals surface area contributed by atoms with Crippen molar-refractivity contribution < 1.29 is 24.4 Å². The van der Waals surface area contributed by atoms with Crippen LogP contribution in [0.1, 0.15) is 69.2 Å². The van der Waals surface area contributed by atoms with Crippen LogP contribution < -0.4 is 11.5 Å². The first kappa shape index (κ1) is 26.6. The molecule has 0 spiro atoms. The maximum Gasteiger partial charge on any atom is 0.292 e. The second kappa shape index (κ2) is 12.0. The van der Waals surface area contributed by atoms with Crippen molar-refractivity contribution in [1.29, 1.82) is 0 Å². The fourth-order valence-electron chi connectivity index (χ4n) is 3.65. The van der Waals surface area contributed by atoms with E-state index in [1.165, 1.54) is 6.92 Å². The van der Waals surface area contributed by atoms with E-state index < -0.39 is 56.4 Å². The number of nitrogens with two attached hydrogens (primary N) is 2. The highest BCUT2D eigenvalue weighted by atomic mass is 16.6. The lowest BCUT2D eigenvalue weighted by Gasteiger charge is -2.17. The van der Waals surface area contributed by atoms with Gasteiger partial charge in [-0.2, -0.15) is 0 Å². The third-order valence-corrected chi connectivity index (χ3v) is 5.36. The molecule has 2 aromatic carbocycles. The molecule has 0 radical (unpaired) electrons. The van der Waals surface area contributed by atoms with Crippen LogP contribution in [0.15, 0.2) is 48.6 Å². The summed E-state index contributed by atoms with van der Waals surface area (Å²) in [4.78, 5) is 50.2. The standard InChI is InChI=1S/C25H29N3O6/c1-15(2)24(31)17-14-20(30)22(25(32)18(27)13-16-9-5-3-6-10-16)21(23(17)28(33)34)19(29)11-7-4-8-12-26/h3,5-6,9-10,14,18,30H,1,4,7-8,11-13,26-27H2,2H3/t18-/m0/s1. The number of nitro groups is 1. The number of nitro benzene ring substituents is 1. The fourth-order valence-corrected chi connectivity index (χ4v) is 3.65. The van der Waals surface area contributed by atoms with E-state index >= 15 is 0 Å². The molecule has 9 nitrogen and oxygen atoms in total. The molecule has 5 N–H and O–H groups in total. The first-order valence-corrected chi connectivity index (χ1v) is 10.9. The Morgan fingerprint density at radius 1 is 1.12 bits per heavy atom. The van der Waals surface area contributed by atoms with Gasteiger partial charge >= 0.3 is 0 Å². The Bertz CT molecular complexity index is 1110. The Morgan fingerprint density at radius 3 is 2.32 bits per heavy atom. The van der Waals surface area contributed by atoms with Crippen molar-refractivity contribution in [3.05, 3.63) is 80.9 Å². The molecule has 34 heavy (non-hydrogen) atoms. The normalized spacial score (nSPS) is 11.6. The van der Waals surface area contributed by atoms with Gasteiger partial charge in [-0.3, -0.25) is 24.5 Å². The topological polar surface area (TPSA) is 167 Å². The summed E-state index contributed by atoms with van der Waals surface area (Å²) in [6.07, 6.45) is 1.59. The van der Waals surface area contributed by atoms with Gasteiger partial charge in [0.15, 0.2) is 17.3 Å².